The molecule has 3 aromatic rings. The number of nitrogens with zero attached hydrogens (tertiary/aromatic N) is 2. The van der Waals surface area contributed by atoms with Crippen molar-refractivity contribution in [3.8, 4) is 11.5 Å². The number of nitrogen functional groups attached to an aromatic ring is 1. The maximum atomic E-state index is 5.84. The first-order valence-corrected chi connectivity index (χ1v) is 5.04. The first-order chi connectivity index (χ1) is 7.74. The first-order valence-electron chi connectivity index (χ1n) is 5.04. The molecule has 0 atom stereocenters. The zero-order valence-electron chi connectivity index (χ0n) is 8.84. The Kier molecular flexibility index (Phi) is 1.77. The monoisotopic (exact) mass is 213 g/mol. The molecule has 2 N–H and O–H groups in total. The SMILES string of the molecule is Cc1ccc(-c2cn3cccc(N)c3n2)o1. The number of rotatable bonds is 1. The Bertz CT molecular complexity index is 651. The summed E-state index contributed by atoms with van der Waals surface area (Å²) in [5.41, 5.74) is 8.06. The molecule has 80 valence electrons. The number of pyridine rings is 1. The molecule has 0 radical (unpaired) electrons. The summed E-state index contributed by atoms with van der Waals surface area (Å²) in [4.78, 5) is 4.44. The molecule has 0 aliphatic heterocycles. The summed E-state index contributed by atoms with van der Waals surface area (Å²) < 4.78 is 7.41. The lowest BCUT2D eigenvalue weighted by Crippen LogP contribution is -1.90. The summed E-state index contributed by atoms with van der Waals surface area (Å²) in [5.74, 6) is 1.64. The van der Waals surface area contributed by atoms with Gasteiger partial charge in [-0.3, -0.25) is 0 Å². The van der Waals surface area contributed by atoms with Crippen LogP contribution in [0.2, 0.25) is 0 Å². The van der Waals surface area contributed by atoms with E-state index in [0.717, 1.165) is 22.9 Å². The van der Waals surface area contributed by atoms with Crippen LogP contribution in [0.5, 0.6) is 0 Å². The Labute approximate surface area is 92.3 Å². The van der Waals surface area contributed by atoms with Crippen molar-refractivity contribution in [1.82, 2.24) is 9.38 Å². The van der Waals surface area contributed by atoms with E-state index in [1.807, 2.05) is 48.0 Å². The van der Waals surface area contributed by atoms with Gasteiger partial charge in [-0.05, 0) is 31.2 Å². The van der Waals surface area contributed by atoms with E-state index in [-0.39, 0.29) is 0 Å². The van der Waals surface area contributed by atoms with Crippen LogP contribution in [0.1, 0.15) is 5.76 Å². The normalized spacial score (nSPS) is 11.1. The molecule has 3 aromatic heterocycles. The van der Waals surface area contributed by atoms with Gasteiger partial charge in [0.05, 0.1) is 5.69 Å². The second-order valence-corrected chi connectivity index (χ2v) is 3.73. The van der Waals surface area contributed by atoms with Crippen LogP contribution in [0.4, 0.5) is 5.69 Å². The van der Waals surface area contributed by atoms with E-state index in [1.54, 1.807) is 0 Å². The molecular formula is C12H11N3O. The first kappa shape index (κ1) is 9.03. The fourth-order valence-electron chi connectivity index (χ4n) is 1.73. The van der Waals surface area contributed by atoms with Gasteiger partial charge in [0.25, 0.3) is 0 Å². The molecule has 0 unspecified atom stereocenters. The summed E-state index contributed by atoms with van der Waals surface area (Å²) >= 11 is 0. The Balaban J connectivity index is 2.22. The summed E-state index contributed by atoms with van der Waals surface area (Å²) in [6.45, 7) is 1.91. The lowest BCUT2D eigenvalue weighted by Gasteiger charge is -1.94. The second-order valence-electron chi connectivity index (χ2n) is 3.73. The van der Waals surface area contributed by atoms with E-state index in [1.165, 1.54) is 0 Å². The van der Waals surface area contributed by atoms with E-state index in [4.69, 9.17) is 10.2 Å². The highest BCUT2D eigenvalue weighted by Crippen LogP contribution is 2.23. The van der Waals surface area contributed by atoms with Crippen molar-refractivity contribution >= 4 is 11.3 Å². The molecule has 0 saturated heterocycles. The topological polar surface area (TPSA) is 56.5 Å². The number of aryl methyl sites for hydroxylation is 1. The minimum Gasteiger partial charge on any atom is -0.460 e. The van der Waals surface area contributed by atoms with Gasteiger partial charge in [0.15, 0.2) is 11.4 Å². The number of fused-ring (bicyclic) bond motifs is 1. The van der Waals surface area contributed by atoms with Gasteiger partial charge in [-0.15, -0.1) is 0 Å². The van der Waals surface area contributed by atoms with Crippen LogP contribution < -0.4 is 5.73 Å². The third kappa shape index (κ3) is 1.27. The highest BCUT2D eigenvalue weighted by Gasteiger charge is 2.08. The van der Waals surface area contributed by atoms with Gasteiger partial charge in [0.1, 0.15) is 11.5 Å². The molecule has 16 heavy (non-hydrogen) atoms. The Hall–Kier alpha value is -2.23. The highest BCUT2D eigenvalue weighted by molar-refractivity contribution is 5.69. The molecule has 0 fully saturated rings. The van der Waals surface area contributed by atoms with E-state index in [0.29, 0.717) is 5.69 Å². The van der Waals surface area contributed by atoms with Crippen molar-refractivity contribution in [3.63, 3.8) is 0 Å². The number of hydrogen-bond acceptors (Lipinski definition) is 3. The smallest absolute Gasteiger partial charge is 0.160 e. The van der Waals surface area contributed by atoms with Crippen LogP contribution in [0.3, 0.4) is 0 Å². The third-order valence-corrected chi connectivity index (χ3v) is 2.51. The molecule has 0 spiro atoms. The number of aromatic nitrogens is 2. The molecule has 4 nitrogen and oxygen atoms in total. The summed E-state index contributed by atoms with van der Waals surface area (Å²) in [5, 5.41) is 0. The molecule has 0 aromatic carbocycles. The molecule has 0 saturated carbocycles. The van der Waals surface area contributed by atoms with Crippen molar-refractivity contribution in [2.75, 3.05) is 5.73 Å². The molecule has 3 rings (SSSR count). The quantitative estimate of drug-likeness (QED) is 0.675. The lowest BCUT2D eigenvalue weighted by molar-refractivity contribution is 0.547. The van der Waals surface area contributed by atoms with Crippen LogP contribution in [0.25, 0.3) is 17.1 Å². The number of hydrogen-bond donors (Lipinski definition) is 1. The number of imidazole rings is 1. The lowest BCUT2D eigenvalue weighted by atomic mass is 10.3. The number of nitrogens with two attached hydrogens (primary N) is 1. The van der Waals surface area contributed by atoms with Crippen molar-refractivity contribution < 1.29 is 4.42 Å². The molecule has 0 aliphatic carbocycles. The van der Waals surface area contributed by atoms with Gasteiger partial charge in [-0.2, -0.15) is 0 Å². The van der Waals surface area contributed by atoms with E-state index < -0.39 is 0 Å². The Morgan fingerprint density at radius 3 is 2.88 bits per heavy atom. The summed E-state index contributed by atoms with van der Waals surface area (Å²) in [6, 6.07) is 7.55. The van der Waals surface area contributed by atoms with Crippen LogP contribution in [0, 0.1) is 6.92 Å². The molecule has 4 heteroatoms. The predicted octanol–water partition coefficient (Wildman–Crippen LogP) is 2.48. The standard InChI is InChI=1S/C12H11N3O/c1-8-4-5-11(16-8)10-7-15-6-2-3-9(13)12(15)14-10/h2-7H,13H2,1H3. The van der Waals surface area contributed by atoms with E-state index >= 15 is 0 Å². The zero-order valence-corrected chi connectivity index (χ0v) is 8.84. The minimum atomic E-state index is 0.664. The van der Waals surface area contributed by atoms with Crippen molar-refractivity contribution in [1.29, 1.82) is 0 Å². The van der Waals surface area contributed by atoms with Gasteiger partial charge >= 0.3 is 0 Å². The van der Waals surface area contributed by atoms with Gasteiger partial charge in [-0.25, -0.2) is 4.98 Å². The van der Waals surface area contributed by atoms with Crippen molar-refractivity contribution in [2.45, 2.75) is 6.92 Å². The highest BCUT2D eigenvalue weighted by atomic mass is 16.3. The van der Waals surface area contributed by atoms with Crippen molar-refractivity contribution in [3.05, 3.63) is 42.4 Å². The van der Waals surface area contributed by atoms with Crippen LogP contribution in [-0.2, 0) is 0 Å². The van der Waals surface area contributed by atoms with Crippen molar-refractivity contribution in [2.24, 2.45) is 0 Å². The van der Waals surface area contributed by atoms with Crippen LogP contribution in [-0.4, -0.2) is 9.38 Å². The second kappa shape index (κ2) is 3.13. The fraction of sp³-hybridized carbons (Fsp3) is 0.0833. The molecule has 0 amide bonds. The molecule has 3 heterocycles. The predicted molar refractivity (Wildman–Crippen MR) is 62.0 cm³/mol. The number of anilines is 1. The van der Waals surface area contributed by atoms with E-state index in [9.17, 15) is 0 Å². The zero-order chi connectivity index (χ0) is 11.1. The largest absolute Gasteiger partial charge is 0.460 e. The molecular weight excluding hydrogens is 202 g/mol. The van der Waals surface area contributed by atoms with Gasteiger partial charge < -0.3 is 14.6 Å². The van der Waals surface area contributed by atoms with Gasteiger partial charge in [0, 0.05) is 12.4 Å². The van der Waals surface area contributed by atoms with Gasteiger partial charge in [0.2, 0.25) is 0 Å². The third-order valence-electron chi connectivity index (χ3n) is 2.51. The fourth-order valence-corrected chi connectivity index (χ4v) is 1.73. The average Bonchev–Trinajstić information content (AvgIpc) is 2.84. The molecule has 0 bridgehead atoms. The maximum Gasteiger partial charge on any atom is 0.160 e. The summed E-state index contributed by atoms with van der Waals surface area (Å²) in [7, 11) is 0. The van der Waals surface area contributed by atoms with E-state index in [2.05, 4.69) is 4.98 Å². The summed E-state index contributed by atoms with van der Waals surface area (Å²) in [6.07, 6.45) is 3.82. The average molecular weight is 213 g/mol. The minimum absolute atomic E-state index is 0.664. The van der Waals surface area contributed by atoms with Gasteiger partial charge in [-0.1, -0.05) is 0 Å². The Morgan fingerprint density at radius 2 is 2.19 bits per heavy atom. The van der Waals surface area contributed by atoms with Crippen LogP contribution in [0.15, 0.2) is 41.1 Å². The Morgan fingerprint density at radius 1 is 1.31 bits per heavy atom. The number of furan rings is 1. The molecule has 0 aliphatic rings. The maximum absolute atomic E-state index is 5.84. The van der Waals surface area contributed by atoms with Crippen LogP contribution >= 0.6 is 0 Å².